The minimum atomic E-state index is -1.04. The maximum Gasteiger partial charge on any atom is 0.410 e. The summed E-state index contributed by atoms with van der Waals surface area (Å²) in [6.07, 6.45) is -0.582. The first-order valence-corrected chi connectivity index (χ1v) is 10.8. The number of nitrogens with zero attached hydrogens (tertiary/aromatic N) is 3. The fourth-order valence-corrected chi connectivity index (χ4v) is 4.36. The predicted molar refractivity (Wildman–Crippen MR) is 114 cm³/mol. The number of aliphatic hydroxyl groups is 1. The Bertz CT molecular complexity index is 888. The molecule has 168 valence electrons. The lowest BCUT2D eigenvalue weighted by atomic mass is 10.0. The average Bonchev–Trinajstić information content (AvgIpc) is 3.02. The number of hydrogen-bond acceptors (Lipinski definition) is 6. The number of carbonyl (C=O) groups is 3. The van der Waals surface area contributed by atoms with Crippen LogP contribution >= 0.6 is 0 Å². The van der Waals surface area contributed by atoms with E-state index < -0.39 is 17.9 Å². The topological polar surface area (TPSA) is 102 Å². The van der Waals surface area contributed by atoms with Crippen molar-refractivity contribution in [3.8, 4) is 0 Å². The zero-order valence-electron chi connectivity index (χ0n) is 18.3. The van der Waals surface area contributed by atoms with Crippen LogP contribution in [-0.4, -0.2) is 76.9 Å². The second-order valence-corrected chi connectivity index (χ2v) is 9.35. The van der Waals surface area contributed by atoms with E-state index in [1.165, 1.54) is 0 Å². The average molecular weight is 431 g/mol. The van der Waals surface area contributed by atoms with Crippen molar-refractivity contribution in [3.05, 3.63) is 29.3 Å². The standard InChI is InChI=1S/C22H30N4O5/c1-22(2,3)31-21(30)25-10-8-24(9-11-25)15-4-5-16-14(12-15)13-26(20(16)29)17-6-7-18(27)23-19(17)28/h4-5,12,17,19,28H,6-11,13H2,1-3H3,(H,23,27). The van der Waals surface area contributed by atoms with Crippen LogP contribution < -0.4 is 10.2 Å². The molecule has 1 aromatic rings. The highest BCUT2D eigenvalue weighted by Gasteiger charge is 2.39. The van der Waals surface area contributed by atoms with E-state index in [9.17, 15) is 19.5 Å². The molecular weight excluding hydrogens is 400 g/mol. The lowest BCUT2D eigenvalue weighted by molar-refractivity contribution is -0.129. The lowest BCUT2D eigenvalue weighted by Crippen LogP contribution is -2.55. The van der Waals surface area contributed by atoms with Crippen molar-refractivity contribution < 1.29 is 24.2 Å². The van der Waals surface area contributed by atoms with Crippen LogP contribution in [0.25, 0.3) is 0 Å². The maximum absolute atomic E-state index is 12.9. The SMILES string of the molecule is CC(C)(C)OC(=O)N1CCN(c2ccc3c(c2)CN(C2CCC(=O)NC2O)C3=O)CC1. The number of amides is 3. The van der Waals surface area contributed by atoms with E-state index in [4.69, 9.17) is 4.74 Å². The molecule has 3 amide bonds. The number of piperazine rings is 1. The summed E-state index contributed by atoms with van der Waals surface area (Å²) < 4.78 is 5.45. The van der Waals surface area contributed by atoms with E-state index in [1.807, 2.05) is 39.0 Å². The van der Waals surface area contributed by atoms with Crippen LogP contribution in [0.1, 0.15) is 49.5 Å². The van der Waals surface area contributed by atoms with E-state index in [0.717, 1.165) is 11.3 Å². The molecule has 3 aliphatic rings. The molecule has 3 heterocycles. The third-order valence-electron chi connectivity index (χ3n) is 5.96. The number of fused-ring (bicyclic) bond motifs is 1. The zero-order valence-corrected chi connectivity index (χ0v) is 18.3. The molecule has 4 rings (SSSR count). The summed E-state index contributed by atoms with van der Waals surface area (Å²) in [6, 6.07) is 5.37. The van der Waals surface area contributed by atoms with Gasteiger partial charge in [0, 0.05) is 50.4 Å². The lowest BCUT2D eigenvalue weighted by Gasteiger charge is -2.37. The Morgan fingerprint density at radius 1 is 1.16 bits per heavy atom. The quantitative estimate of drug-likeness (QED) is 0.733. The summed E-state index contributed by atoms with van der Waals surface area (Å²) in [6.45, 7) is 8.50. The fourth-order valence-electron chi connectivity index (χ4n) is 4.36. The van der Waals surface area contributed by atoms with E-state index in [2.05, 4.69) is 10.2 Å². The summed E-state index contributed by atoms with van der Waals surface area (Å²) in [4.78, 5) is 42.2. The summed E-state index contributed by atoms with van der Waals surface area (Å²) >= 11 is 0. The van der Waals surface area contributed by atoms with Crippen molar-refractivity contribution in [1.82, 2.24) is 15.1 Å². The van der Waals surface area contributed by atoms with Gasteiger partial charge in [-0.15, -0.1) is 0 Å². The number of benzene rings is 1. The molecule has 0 saturated carbocycles. The molecule has 1 aromatic carbocycles. The summed E-state index contributed by atoms with van der Waals surface area (Å²) in [7, 11) is 0. The van der Waals surface area contributed by atoms with E-state index >= 15 is 0 Å². The van der Waals surface area contributed by atoms with E-state index in [0.29, 0.717) is 51.1 Å². The van der Waals surface area contributed by atoms with Crippen molar-refractivity contribution >= 4 is 23.6 Å². The monoisotopic (exact) mass is 430 g/mol. The highest BCUT2D eigenvalue weighted by Crippen LogP contribution is 2.31. The largest absolute Gasteiger partial charge is 0.444 e. The molecule has 2 unspecified atom stereocenters. The van der Waals surface area contributed by atoms with Crippen molar-refractivity contribution in [2.45, 2.75) is 58.0 Å². The van der Waals surface area contributed by atoms with Crippen LogP contribution in [0.2, 0.25) is 0 Å². The maximum atomic E-state index is 12.9. The van der Waals surface area contributed by atoms with E-state index in [1.54, 1.807) is 9.80 Å². The Hall–Kier alpha value is -2.81. The molecule has 2 fully saturated rings. The Balaban J connectivity index is 1.40. The van der Waals surface area contributed by atoms with Crippen LogP contribution in [0.4, 0.5) is 10.5 Å². The Kier molecular flexibility index (Phi) is 5.55. The molecule has 2 N–H and O–H groups in total. The number of hydrogen-bond donors (Lipinski definition) is 2. The van der Waals surface area contributed by atoms with Crippen molar-refractivity contribution in [2.75, 3.05) is 31.1 Å². The molecule has 2 saturated heterocycles. The summed E-state index contributed by atoms with van der Waals surface area (Å²) in [5, 5.41) is 12.7. The van der Waals surface area contributed by atoms with Gasteiger partial charge in [0.2, 0.25) is 5.91 Å². The fraction of sp³-hybridized carbons (Fsp3) is 0.591. The van der Waals surface area contributed by atoms with E-state index in [-0.39, 0.29) is 17.9 Å². The number of carbonyl (C=O) groups excluding carboxylic acids is 3. The van der Waals surface area contributed by atoms with Gasteiger partial charge in [-0.25, -0.2) is 4.79 Å². The molecule has 31 heavy (non-hydrogen) atoms. The number of aliphatic hydroxyl groups excluding tert-OH is 1. The van der Waals surface area contributed by atoms with Crippen LogP contribution in [0, 0.1) is 0 Å². The first-order valence-electron chi connectivity index (χ1n) is 10.8. The minimum absolute atomic E-state index is 0.114. The molecule has 0 aromatic heterocycles. The van der Waals surface area contributed by atoms with Crippen molar-refractivity contribution in [1.29, 1.82) is 0 Å². The first-order chi connectivity index (χ1) is 14.6. The normalized spacial score (nSPS) is 24.2. The first kappa shape index (κ1) is 21.4. The number of anilines is 1. The third-order valence-corrected chi connectivity index (χ3v) is 5.96. The summed E-state index contributed by atoms with van der Waals surface area (Å²) in [5.41, 5.74) is 2.05. The zero-order chi connectivity index (χ0) is 22.3. The molecular formula is C22H30N4O5. The van der Waals surface area contributed by atoms with Crippen molar-refractivity contribution in [3.63, 3.8) is 0 Å². The van der Waals surface area contributed by atoms with Crippen LogP contribution in [0.3, 0.4) is 0 Å². The smallest absolute Gasteiger partial charge is 0.410 e. The molecule has 0 spiro atoms. The van der Waals surface area contributed by atoms with Gasteiger partial charge in [0.1, 0.15) is 11.8 Å². The molecule has 0 radical (unpaired) electrons. The molecule has 3 aliphatic heterocycles. The molecule has 9 nitrogen and oxygen atoms in total. The Morgan fingerprint density at radius 2 is 1.87 bits per heavy atom. The highest BCUT2D eigenvalue weighted by atomic mass is 16.6. The molecule has 2 atom stereocenters. The second kappa shape index (κ2) is 8.03. The summed E-state index contributed by atoms with van der Waals surface area (Å²) in [5.74, 6) is -0.308. The van der Waals surface area contributed by atoms with Gasteiger partial charge in [-0.1, -0.05) is 0 Å². The second-order valence-electron chi connectivity index (χ2n) is 9.35. The van der Waals surface area contributed by atoms with Gasteiger partial charge in [0.15, 0.2) is 0 Å². The van der Waals surface area contributed by atoms with Gasteiger partial charge in [-0.2, -0.15) is 0 Å². The molecule has 0 bridgehead atoms. The molecule has 9 heteroatoms. The predicted octanol–water partition coefficient (Wildman–Crippen LogP) is 1.30. The van der Waals surface area contributed by atoms with Crippen LogP contribution in [0.5, 0.6) is 0 Å². The minimum Gasteiger partial charge on any atom is -0.444 e. The van der Waals surface area contributed by atoms with Gasteiger partial charge in [-0.05, 0) is 51.0 Å². The number of nitrogens with one attached hydrogen (secondary N) is 1. The Labute approximate surface area is 181 Å². The molecule has 0 aliphatic carbocycles. The van der Waals surface area contributed by atoms with Gasteiger partial charge >= 0.3 is 6.09 Å². The Morgan fingerprint density at radius 3 is 2.52 bits per heavy atom. The third kappa shape index (κ3) is 4.46. The van der Waals surface area contributed by atoms with Gasteiger partial charge < -0.3 is 29.9 Å². The van der Waals surface area contributed by atoms with Crippen molar-refractivity contribution in [2.24, 2.45) is 0 Å². The van der Waals surface area contributed by atoms with Gasteiger partial charge in [-0.3, -0.25) is 9.59 Å². The van der Waals surface area contributed by atoms with Crippen LogP contribution in [0.15, 0.2) is 18.2 Å². The highest BCUT2D eigenvalue weighted by molar-refractivity contribution is 5.99. The number of ether oxygens (including phenoxy) is 1. The number of piperidine rings is 1. The van der Waals surface area contributed by atoms with Crippen LogP contribution in [-0.2, 0) is 16.1 Å². The van der Waals surface area contributed by atoms with Gasteiger partial charge in [0.05, 0.1) is 6.04 Å². The van der Waals surface area contributed by atoms with Gasteiger partial charge in [0.25, 0.3) is 5.91 Å². The number of rotatable bonds is 2.